The largest absolute Gasteiger partial charge is 0.497 e. The Labute approximate surface area is 164 Å². The number of hydrogen-bond donors (Lipinski definition) is 0. The van der Waals surface area contributed by atoms with Gasteiger partial charge >= 0.3 is 0 Å². The number of methoxy groups -OCH3 is 1. The Morgan fingerprint density at radius 2 is 1.82 bits per heavy atom. The van der Waals surface area contributed by atoms with Gasteiger partial charge in [0.05, 0.1) is 35.9 Å². The molecule has 28 heavy (non-hydrogen) atoms. The fraction of sp³-hybridized carbons (Fsp3) is 0.136. The first-order chi connectivity index (χ1) is 13.4. The van der Waals surface area contributed by atoms with Crippen molar-refractivity contribution in [3.05, 3.63) is 76.2 Å². The lowest BCUT2D eigenvalue weighted by molar-refractivity contribution is 0.414. The average molecular weight is 390 g/mol. The van der Waals surface area contributed by atoms with Gasteiger partial charge in [0.15, 0.2) is 0 Å². The summed E-state index contributed by atoms with van der Waals surface area (Å²) in [6.07, 6.45) is 1.67. The quantitative estimate of drug-likeness (QED) is 0.663. The molecule has 0 saturated heterocycles. The highest BCUT2D eigenvalue weighted by Gasteiger charge is 2.30. The Kier molecular flexibility index (Phi) is 4.33. The first-order valence-electron chi connectivity index (χ1n) is 8.74. The molecule has 1 aliphatic rings. The van der Waals surface area contributed by atoms with E-state index >= 15 is 0 Å². The summed E-state index contributed by atoms with van der Waals surface area (Å²) in [6, 6.07) is 18.8. The Bertz CT molecular complexity index is 1270. The predicted molar refractivity (Wildman–Crippen MR) is 110 cm³/mol. The molecular weight excluding hydrogens is 372 g/mol. The number of sulfonamides is 1. The van der Waals surface area contributed by atoms with E-state index in [1.165, 1.54) is 4.31 Å². The van der Waals surface area contributed by atoms with Crippen molar-refractivity contribution in [1.29, 1.82) is 5.26 Å². The van der Waals surface area contributed by atoms with Gasteiger partial charge in [0.2, 0.25) is 0 Å². The molecule has 0 bridgehead atoms. The molecule has 4 rings (SSSR count). The van der Waals surface area contributed by atoms with E-state index in [9.17, 15) is 8.42 Å². The molecule has 6 heteroatoms. The first-order valence-corrected chi connectivity index (χ1v) is 10.2. The van der Waals surface area contributed by atoms with Crippen molar-refractivity contribution in [1.82, 2.24) is 0 Å². The number of nitriles is 1. The van der Waals surface area contributed by atoms with Crippen LogP contribution >= 0.6 is 0 Å². The number of nitrogens with zero attached hydrogens (tertiary/aromatic N) is 2. The Morgan fingerprint density at radius 3 is 2.57 bits per heavy atom. The van der Waals surface area contributed by atoms with Gasteiger partial charge in [-0.1, -0.05) is 18.2 Å². The van der Waals surface area contributed by atoms with Crippen LogP contribution in [-0.4, -0.2) is 15.5 Å². The lowest BCUT2D eigenvalue weighted by atomic mass is 10.0. The van der Waals surface area contributed by atoms with Crippen molar-refractivity contribution in [3.8, 4) is 11.8 Å². The molecule has 1 aliphatic heterocycles. The Morgan fingerprint density at radius 1 is 1.04 bits per heavy atom. The second-order valence-electron chi connectivity index (χ2n) is 6.70. The first kappa shape index (κ1) is 18.1. The minimum absolute atomic E-state index is 0.208. The fourth-order valence-corrected chi connectivity index (χ4v) is 4.77. The van der Waals surface area contributed by atoms with Gasteiger partial charge in [-0.2, -0.15) is 5.26 Å². The van der Waals surface area contributed by atoms with Crippen molar-refractivity contribution in [2.45, 2.75) is 13.5 Å². The molecular formula is C22H18N2O3S. The topological polar surface area (TPSA) is 70.4 Å². The number of anilines is 1. The van der Waals surface area contributed by atoms with E-state index < -0.39 is 10.0 Å². The summed E-state index contributed by atoms with van der Waals surface area (Å²) in [7, 11) is -2.01. The van der Waals surface area contributed by atoms with Crippen LogP contribution < -0.4 is 9.04 Å². The van der Waals surface area contributed by atoms with E-state index in [1.54, 1.807) is 38.3 Å². The van der Waals surface area contributed by atoms with E-state index in [0.717, 1.165) is 21.9 Å². The van der Waals surface area contributed by atoms with Crippen LogP contribution in [0.15, 0.2) is 59.5 Å². The Hall–Kier alpha value is -3.30. The molecule has 0 N–H and O–H groups in total. The van der Waals surface area contributed by atoms with E-state index in [4.69, 9.17) is 10.00 Å². The third-order valence-corrected chi connectivity index (χ3v) is 6.76. The number of benzene rings is 3. The molecule has 0 saturated carbocycles. The Balaban J connectivity index is 1.79. The zero-order valence-electron chi connectivity index (χ0n) is 15.5. The number of allylic oxidation sites excluding steroid dienone is 1. The van der Waals surface area contributed by atoms with Gasteiger partial charge in [-0.3, -0.25) is 4.31 Å². The van der Waals surface area contributed by atoms with Crippen molar-refractivity contribution in [2.24, 2.45) is 0 Å². The molecule has 0 radical (unpaired) electrons. The molecule has 0 aromatic heterocycles. The summed E-state index contributed by atoms with van der Waals surface area (Å²) >= 11 is 0. The summed E-state index contributed by atoms with van der Waals surface area (Å²) in [5.41, 5.74) is 2.85. The molecule has 1 heterocycles. The van der Waals surface area contributed by atoms with Crippen LogP contribution in [0.25, 0.3) is 16.8 Å². The van der Waals surface area contributed by atoms with Gasteiger partial charge in [0.1, 0.15) is 5.75 Å². The van der Waals surface area contributed by atoms with Crippen LogP contribution in [0.1, 0.15) is 23.6 Å². The van der Waals surface area contributed by atoms with Crippen molar-refractivity contribution in [3.63, 3.8) is 0 Å². The van der Waals surface area contributed by atoms with Gasteiger partial charge in [0.25, 0.3) is 10.0 Å². The maximum atomic E-state index is 13.0. The van der Waals surface area contributed by atoms with Gasteiger partial charge in [-0.25, -0.2) is 8.42 Å². The summed E-state index contributed by atoms with van der Waals surface area (Å²) in [5.74, 6) is 0.678. The zero-order chi connectivity index (χ0) is 19.9. The van der Waals surface area contributed by atoms with Crippen molar-refractivity contribution >= 4 is 32.6 Å². The summed E-state index contributed by atoms with van der Waals surface area (Å²) < 4.78 is 32.7. The smallest absolute Gasteiger partial charge is 0.260 e. The lowest BCUT2D eigenvalue weighted by Crippen LogP contribution is -2.33. The number of rotatable bonds is 3. The highest BCUT2D eigenvalue weighted by molar-refractivity contribution is 7.96. The molecule has 0 atom stereocenters. The second-order valence-corrected chi connectivity index (χ2v) is 8.73. The van der Waals surface area contributed by atoms with Crippen LogP contribution in [0, 0.1) is 11.3 Å². The minimum Gasteiger partial charge on any atom is -0.497 e. The molecule has 140 valence electrons. The standard InChI is InChI=1S/C22H18N2O3S/c1-15-9-20-12-21(27-2)7-8-22(20)24(28(15,25)26)14-17-4-6-18-5-3-16(13-23)10-19(18)11-17/h3-12H,14H2,1-2H3. The van der Waals surface area contributed by atoms with Gasteiger partial charge < -0.3 is 4.74 Å². The van der Waals surface area contributed by atoms with E-state index in [0.29, 0.717) is 21.9 Å². The average Bonchev–Trinajstić information content (AvgIpc) is 2.70. The van der Waals surface area contributed by atoms with Crippen molar-refractivity contribution in [2.75, 3.05) is 11.4 Å². The van der Waals surface area contributed by atoms with Gasteiger partial charge in [-0.15, -0.1) is 0 Å². The van der Waals surface area contributed by atoms with Crippen LogP contribution in [0.3, 0.4) is 0 Å². The predicted octanol–water partition coefficient (Wildman–Crippen LogP) is 4.43. The SMILES string of the molecule is COc1ccc2c(c1)C=C(C)S(=O)(=O)N2Cc1ccc2ccc(C#N)cc2c1. The van der Waals surface area contributed by atoms with Crippen LogP contribution in [0.2, 0.25) is 0 Å². The summed E-state index contributed by atoms with van der Waals surface area (Å²) in [5, 5.41) is 11.0. The molecule has 5 nitrogen and oxygen atoms in total. The highest BCUT2D eigenvalue weighted by atomic mass is 32.2. The van der Waals surface area contributed by atoms with Crippen molar-refractivity contribution < 1.29 is 13.2 Å². The molecule has 3 aromatic rings. The second kappa shape index (κ2) is 6.70. The number of ether oxygens (including phenoxy) is 1. The number of hydrogen-bond acceptors (Lipinski definition) is 4. The van der Waals surface area contributed by atoms with E-state index in [2.05, 4.69) is 6.07 Å². The molecule has 0 spiro atoms. The summed E-state index contributed by atoms with van der Waals surface area (Å²) in [6.45, 7) is 1.81. The van der Waals surface area contributed by atoms with E-state index in [-0.39, 0.29) is 6.54 Å². The summed E-state index contributed by atoms with van der Waals surface area (Å²) in [4.78, 5) is 0.292. The molecule has 0 unspecified atom stereocenters. The third kappa shape index (κ3) is 3.00. The van der Waals surface area contributed by atoms with Crippen LogP contribution in [0.4, 0.5) is 5.69 Å². The van der Waals surface area contributed by atoms with Crippen LogP contribution in [0.5, 0.6) is 5.75 Å². The van der Waals surface area contributed by atoms with Gasteiger partial charge in [-0.05, 0) is 65.7 Å². The molecule has 0 fully saturated rings. The molecule has 0 aliphatic carbocycles. The maximum Gasteiger partial charge on any atom is 0.260 e. The normalized spacial score (nSPS) is 14.9. The van der Waals surface area contributed by atoms with Crippen LogP contribution in [-0.2, 0) is 16.6 Å². The third-order valence-electron chi connectivity index (χ3n) is 4.92. The molecule has 0 amide bonds. The monoisotopic (exact) mass is 390 g/mol. The molecule has 3 aromatic carbocycles. The van der Waals surface area contributed by atoms with Gasteiger partial charge in [0, 0.05) is 5.56 Å². The number of fused-ring (bicyclic) bond motifs is 2. The lowest BCUT2D eigenvalue weighted by Gasteiger charge is -2.30. The zero-order valence-corrected chi connectivity index (χ0v) is 16.3. The minimum atomic E-state index is -3.60. The fourth-order valence-electron chi connectivity index (χ4n) is 3.40. The maximum absolute atomic E-state index is 13.0. The highest BCUT2D eigenvalue weighted by Crippen LogP contribution is 2.37. The van der Waals surface area contributed by atoms with E-state index in [1.807, 2.05) is 36.4 Å².